The van der Waals surface area contributed by atoms with E-state index in [9.17, 15) is 36.3 Å². The van der Waals surface area contributed by atoms with Crippen molar-refractivity contribution >= 4 is 52.6 Å². The number of para-hydroxylation sites is 7. The number of nitrogens with one attached hydrogen (secondary N) is 1. The highest BCUT2D eigenvalue weighted by molar-refractivity contribution is 6.33. The number of phenolic OH excluding ortho intramolecular Hbond substituents is 1. The number of halogens is 8. The number of hydrogen-bond donors (Lipinski definition) is 4. The lowest BCUT2D eigenvalue weighted by Gasteiger charge is -2.16. The van der Waals surface area contributed by atoms with Crippen molar-refractivity contribution in [2.45, 2.75) is 44.7 Å². The molecule has 0 unspecified atom stereocenters. The molecule has 16 rings (SSSR count). The van der Waals surface area contributed by atoms with Crippen molar-refractivity contribution in [3.05, 3.63) is 340 Å². The number of hydrogen-bond acceptors (Lipinski definition) is 22. The summed E-state index contributed by atoms with van der Waals surface area (Å²) in [5, 5.41) is 57.1. The van der Waals surface area contributed by atoms with Crippen molar-refractivity contribution < 1.29 is 70.2 Å². The lowest BCUT2D eigenvalue weighted by atomic mass is 10.1. The van der Waals surface area contributed by atoms with E-state index in [2.05, 4.69) is 101 Å². The molecule has 0 saturated heterocycles. The number of phenols is 1. The minimum absolute atomic E-state index is 0.00293. The van der Waals surface area contributed by atoms with Crippen molar-refractivity contribution in [3.63, 3.8) is 0 Å². The monoisotopic (exact) mass is 1590 g/mol. The quantitative estimate of drug-likeness (QED) is 0.0615. The van der Waals surface area contributed by atoms with Gasteiger partial charge in [-0.25, -0.2) is 41.5 Å². The highest BCUT2D eigenvalue weighted by Gasteiger charge is 2.27. The van der Waals surface area contributed by atoms with Crippen molar-refractivity contribution in [3.8, 4) is 63.1 Å². The lowest BCUT2D eigenvalue weighted by molar-refractivity contribution is 0.0516. The minimum Gasteiger partial charge on any atom is -0.505 e. The molecule has 574 valence electrons. The Balaban J connectivity index is 0.000000146. The second-order valence-corrected chi connectivity index (χ2v) is 24.3. The molecule has 2 aliphatic rings. The predicted molar refractivity (Wildman–Crippen MR) is 403 cm³/mol. The largest absolute Gasteiger partial charge is 0.505 e. The Morgan fingerprint density at radius 1 is 0.478 bits per heavy atom. The second kappa shape index (κ2) is 41.2. The van der Waals surface area contributed by atoms with Crippen LogP contribution < -0.4 is 30.0 Å². The van der Waals surface area contributed by atoms with Gasteiger partial charge in [0.05, 0.1) is 54.7 Å². The molecule has 5 N–H and O–H groups in total. The number of carboxylic acid groups (broad SMARTS) is 1. The van der Waals surface area contributed by atoms with Gasteiger partial charge >= 0.3 is 11.9 Å². The zero-order chi connectivity index (χ0) is 80.0. The molecule has 7 aromatic carbocycles. The third-order valence-corrected chi connectivity index (χ3v) is 15.9. The predicted octanol–water partition coefficient (Wildman–Crippen LogP) is 16.9. The van der Waals surface area contributed by atoms with Gasteiger partial charge in [0, 0.05) is 60.4 Å². The number of carbonyl (C=O) groups is 3. The van der Waals surface area contributed by atoms with Crippen LogP contribution in [0.5, 0.6) is 51.7 Å². The Bertz CT molecular complexity index is 5490. The van der Waals surface area contributed by atoms with Gasteiger partial charge in [-0.05, 0) is 123 Å². The van der Waals surface area contributed by atoms with Gasteiger partial charge in [-0.1, -0.05) is 132 Å². The Labute approximate surface area is 655 Å². The van der Waals surface area contributed by atoms with Crippen LogP contribution >= 0.6 is 34.8 Å². The fourth-order valence-electron chi connectivity index (χ4n) is 10.2. The number of nitrogens with two attached hydrogens (primary N) is 1. The van der Waals surface area contributed by atoms with Crippen LogP contribution in [-0.2, 0) is 17.6 Å². The van der Waals surface area contributed by atoms with E-state index in [-0.39, 0.29) is 86.9 Å². The third kappa shape index (κ3) is 24.1. The van der Waals surface area contributed by atoms with Crippen LogP contribution in [0.25, 0.3) is 11.4 Å². The molecule has 1 amide bonds. The molecule has 2 aliphatic heterocycles. The maximum atomic E-state index is 13.9. The molecule has 26 nitrogen and oxygen atoms in total. The number of aromatic nitrogens is 14. The number of benzene rings is 7. The average Bonchev–Trinajstić information content (AvgIpc) is 1.66. The smallest absolute Gasteiger partial charge is 0.358 e. The Kier molecular flexibility index (Phi) is 29.8. The van der Waals surface area contributed by atoms with Crippen LogP contribution in [0.1, 0.15) is 86.1 Å². The first-order chi connectivity index (χ1) is 54.8. The molecule has 14 aromatic rings. The molecule has 2 atom stereocenters. The zero-order valence-electron chi connectivity index (χ0n) is 59.0. The number of aromatic carboxylic acids is 1. The summed E-state index contributed by atoms with van der Waals surface area (Å²) in [6.45, 7) is 1.92. The molecule has 0 bridgehead atoms. The molecule has 113 heavy (non-hydrogen) atoms. The van der Waals surface area contributed by atoms with Crippen LogP contribution in [0.3, 0.4) is 0 Å². The number of nitrogens with zero attached hydrogens (tertiary/aromatic N) is 14. The van der Waals surface area contributed by atoms with E-state index in [1.54, 1.807) is 61.7 Å². The van der Waals surface area contributed by atoms with Gasteiger partial charge in [-0.2, -0.15) is 25.5 Å². The molecule has 34 heteroatoms. The first kappa shape index (κ1) is 81.8. The average molecular weight is 1600 g/mol. The van der Waals surface area contributed by atoms with Gasteiger partial charge in [0.2, 0.25) is 0 Å². The topological polar surface area (TPSA) is 340 Å². The molecule has 9 heterocycles. The molecule has 0 spiro atoms. The first-order valence-electron chi connectivity index (χ1n) is 33.7. The summed E-state index contributed by atoms with van der Waals surface area (Å²) in [6.07, 6.45) is 17.5. The van der Waals surface area contributed by atoms with E-state index in [0.717, 1.165) is 36.6 Å². The second-order valence-electron chi connectivity index (χ2n) is 23.1. The number of aromatic hydroxyl groups is 1. The molecule has 7 aromatic heterocycles. The normalized spacial score (nSPS) is 12.4. The standard InChI is InChI=1S/C23H18FN5O2.C13H11FN2O3.C12H13N3.C11H7FN2O3.C10H6ClFN2O.C6H5FO.C4H2Cl2N2/c24-17-6-2-4-8-21(17)31-16-13-19(28-26-14-16)23(30)27-18-10-9-15-5-1-3-7-20(15)29-12-11-25-22(18)29;1-2-18-13(17)11-7-9(8-15-16-11)19-12-6-4-3-5-10(12)14;13-10-6-5-9-3-1-2-4-11(9)15-8-7-14-12(10)15;12-8-3-1-2-4-10(8)17-7-5-9(11(15)16)14-13-6-7;11-10-5-7(6-13-14-10)15-9-4-2-1-3-8(9)12;7-5-3-1-2-4-6(5)8;5-3-1-4(6)8-7-2-3/h1-8,11-14,18H,9-10H2,(H,27,30);3-8H,2H2,1H3;1-4,7-8,10H,5-6,13H2;1-6H,(H,15,16);1-6H;1-4,8H;1-2H/t18-;;10-;;;;/m0.0..../s1. The summed E-state index contributed by atoms with van der Waals surface area (Å²) in [6, 6.07) is 52.6. The summed E-state index contributed by atoms with van der Waals surface area (Å²) >= 11 is 16.4. The fraction of sp³-hybridized carbons (Fsp3) is 0.101. The lowest BCUT2D eigenvalue weighted by Crippen LogP contribution is -2.30. The SMILES string of the molecule is CCOC(=O)c1cc(Oc2ccccc2F)cnn1.Clc1cnnc(Cl)c1.Fc1ccccc1Oc1cnnc(Cl)c1.N[C@H]1CCc2ccccc2-n2ccnc21.O=C(N[C@H]1CCc2ccccc2-n2ccnc21)c1cc(Oc2ccccc2F)cnn1.O=C(O)c1cc(Oc2ccccc2F)cnn1.Oc1ccccc1F. The molecular weight excluding hydrogens is 1530 g/mol. The number of esters is 1. The van der Waals surface area contributed by atoms with Crippen LogP contribution in [-0.4, -0.2) is 105 Å². The van der Waals surface area contributed by atoms with Gasteiger partial charge in [0.1, 0.15) is 28.9 Å². The van der Waals surface area contributed by atoms with Gasteiger partial charge in [0.15, 0.2) is 91.0 Å². The molecular formula is C79H62Cl3F5N16O10. The summed E-state index contributed by atoms with van der Waals surface area (Å²) < 4.78 is 95.9. The first-order valence-corrected chi connectivity index (χ1v) is 34.8. The number of rotatable bonds is 13. The number of ether oxygens (including phenoxy) is 5. The van der Waals surface area contributed by atoms with Crippen LogP contribution in [0.2, 0.25) is 15.3 Å². The summed E-state index contributed by atoms with van der Waals surface area (Å²) in [5.74, 6) is -2.26. The van der Waals surface area contributed by atoms with Gasteiger partial charge in [-0.3, -0.25) is 4.79 Å². The maximum absolute atomic E-state index is 13.9. The van der Waals surface area contributed by atoms with E-state index < -0.39 is 46.9 Å². The minimum atomic E-state index is -1.23. The van der Waals surface area contributed by atoms with Crippen molar-refractivity contribution in [1.29, 1.82) is 0 Å². The highest BCUT2D eigenvalue weighted by atomic mass is 35.5. The fourth-order valence-corrected chi connectivity index (χ4v) is 10.7. The van der Waals surface area contributed by atoms with Crippen LogP contribution in [0.15, 0.2) is 256 Å². The summed E-state index contributed by atoms with van der Waals surface area (Å²) in [5.41, 5.74) is 10.7. The molecule has 0 fully saturated rings. The number of carbonyl (C=O) groups excluding carboxylic acids is 2. The van der Waals surface area contributed by atoms with E-state index in [0.29, 0.717) is 22.3 Å². The van der Waals surface area contributed by atoms with Crippen molar-refractivity contribution in [2.75, 3.05) is 6.61 Å². The number of imidazole rings is 2. The van der Waals surface area contributed by atoms with Gasteiger partial charge < -0.3 is 54.1 Å². The number of amides is 1. The van der Waals surface area contributed by atoms with Gasteiger partial charge in [0.25, 0.3) is 5.91 Å². The van der Waals surface area contributed by atoms with E-state index in [1.807, 2.05) is 41.4 Å². The summed E-state index contributed by atoms with van der Waals surface area (Å²) in [4.78, 5) is 43.8. The van der Waals surface area contributed by atoms with E-state index >= 15 is 0 Å². The molecule has 0 aliphatic carbocycles. The number of carboxylic acids is 1. The Morgan fingerprint density at radius 2 is 0.867 bits per heavy atom. The van der Waals surface area contributed by atoms with Gasteiger partial charge in [-0.15, -0.1) is 25.5 Å². The zero-order valence-corrected chi connectivity index (χ0v) is 61.2. The van der Waals surface area contributed by atoms with Crippen LogP contribution in [0.4, 0.5) is 22.0 Å². The number of fused-ring (bicyclic) bond motifs is 6. The third-order valence-electron chi connectivity index (χ3n) is 15.3. The Hall–Kier alpha value is -13.8. The molecule has 0 saturated carbocycles. The van der Waals surface area contributed by atoms with E-state index in [4.69, 9.17) is 74.4 Å². The highest BCUT2D eigenvalue weighted by Crippen LogP contribution is 2.33. The number of aryl methyl sites for hydroxylation is 2. The van der Waals surface area contributed by atoms with Crippen molar-refractivity contribution in [2.24, 2.45) is 5.73 Å². The van der Waals surface area contributed by atoms with E-state index in [1.165, 1.54) is 151 Å². The maximum Gasteiger partial charge on any atom is 0.358 e. The van der Waals surface area contributed by atoms with Crippen molar-refractivity contribution in [1.82, 2.24) is 75.4 Å². The molecule has 0 radical (unpaired) electrons. The Morgan fingerprint density at radius 3 is 1.31 bits per heavy atom. The summed E-state index contributed by atoms with van der Waals surface area (Å²) in [7, 11) is 0. The van der Waals surface area contributed by atoms with Crippen LogP contribution in [0, 0.1) is 29.1 Å².